The third kappa shape index (κ3) is 4.49. The quantitative estimate of drug-likeness (QED) is 0.893. The molecule has 7 heteroatoms. The zero-order valence-corrected chi connectivity index (χ0v) is 13.6. The Labute approximate surface area is 138 Å². The van der Waals surface area contributed by atoms with Gasteiger partial charge in [0.25, 0.3) is 5.56 Å². The van der Waals surface area contributed by atoms with E-state index in [1.165, 1.54) is 12.4 Å². The molecule has 3 heterocycles. The van der Waals surface area contributed by atoms with Crippen molar-refractivity contribution in [3.63, 3.8) is 0 Å². The predicted molar refractivity (Wildman–Crippen MR) is 87.5 cm³/mol. The Hall–Kier alpha value is -1.99. The van der Waals surface area contributed by atoms with Gasteiger partial charge in [0.15, 0.2) is 0 Å². The predicted octanol–water partition coefficient (Wildman–Crippen LogP) is 1.23. The van der Waals surface area contributed by atoms with Crippen LogP contribution < -0.4 is 5.56 Å². The molecule has 3 rings (SSSR count). The lowest BCUT2D eigenvalue weighted by Gasteiger charge is -2.33. The standard InChI is InChI=1S/C16H19N3O3S/c20-15-8-13(17-11-18-15)1-2-14-9-19(4-5-22-14)16(21)7-12-3-6-23-10-12/h3,6,8,10-11,14H,1-2,4-5,7,9H2,(H,17,18,20). The second-order valence-electron chi connectivity index (χ2n) is 5.58. The normalized spacial score (nSPS) is 18.1. The number of aryl methyl sites for hydroxylation is 1. The number of carbonyl (C=O) groups excluding carboxylic acids is 1. The van der Waals surface area contributed by atoms with Crippen molar-refractivity contribution < 1.29 is 9.53 Å². The topological polar surface area (TPSA) is 75.3 Å². The summed E-state index contributed by atoms with van der Waals surface area (Å²) in [4.78, 5) is 32.1. The zero-order valence-electron chi connectivity index (χ0n) is 12.7. The van der Waals surface area contributed by atoms with E-state index >= 15 is 0 Å². The van der Waals surface area contributed by atoms with Crippen molar-refractivity contribution in [2.24, 2.45) is 0 Å². The maximum absolute atomic E-state index is 12.3. The number of hydrogen-bond donors (Lipinski definition) is 1. The van der Waals surface area contributed by atoms with Gasteiger partial charge in [-0.05, 0) is 35.2 Å². The summed E-state index contributed by atoms with van der Waals surface area (Å²) < 4.78 is 5.74. The number of amides is 1. The first kappa shape index (κ1) is 15.9. The number of aromatic amines is 1. The molecule has 1 fully saturated rings. The van der Waals surface area contributed by atoms with Crippen LogP contribution in [0.3, 0.4) is 0 Å². The van der Waals surface area contributed by atoms with Gasteiger partial charge in [-0.15, -0.1) is 0 Å². The SMILES string of the molecule is O=C(Cc1ccsc1)N1CCOC(CCc2cc(=O)[nH]cn2)C1. The van der Waals surface area contributed by atoms with Crippen LogP contribution in [-0.2, 0) is 22.4 Å². The Kier molecular flexibility index (Phi) is 5.19. The summed E-state index contributed by atoms with van der Waals surface area (Å²) >= 11 is 1.61. The fourth-order valence-corrected chi connectivity index (χ4v) is 3.32. The van der Waals surface area contributed by atoms with Crippen LogP contribution in [0.4, 0.5) is 0 Å². The number of morpholine rings is 1. The number of thiophene rings is 1. The van der Waals surface area contributed by atoms with Gasteiger partial charge in [0.1, 0.15) is 0 Å². The molecule has 1 amide bonds. The van der Waals surface area contributed by atoms with Gasteiger partial charge in [0.05, 0.1) is 25.5 Å². The van der Waals surface area contributed by atoms with Gasteiger partial charge < -0.3 is 14.6 Å². The van der Waals surface area contributed by atoms with Crippen LogP contribution in [0, 0.1) is 0 Å². The van der Waals surface area contributed by atoms with Crippen molar-refractivity contribution in [1.82, 2.24) is 14.9 Å². The zero-order chi connectivity index (χ0) is 16.1. The molecule has 1 N–H and O–H groups in total. The van der Waals surface area contributed by atoms with Crippen molar-refractivity contribution in [2.75, 3.05) is 19.7 Å². The van der Waals surface area contributed by atoms with Gasteiger partial charge in [-0.3, -0.25) is 9.59 Å². The van der Waals surface area contributed by atoms with Gasteiger partial charge in [0, 0.05) is 24.8 Å². The van der Waals surface area contributed by atoms with Crippen molar-refractivity contribution in [3.8, 4) is 0 Å². The second-order valence-corrected chi connectivity index (χ2v) is 6.36. The first-order valence-electron chi connectivity index (χ1n) is 7.65. The number of ether oxygens (including phenoxy) is 1. The van der Waals surface area contributed by atoms with E-state index < -0.39 is 0 Å². The van der Waals surface area contributed by atoms with Crippen LogP contribution in [-0.4, -0.2) is 46.6 Å². The molecule has 0 aromatic carbocycles. The Morgan fingerprint density at radius 1 is 1.52 bits per heavy atom. The second kappa shape index (κ2) is 7.52. The van der Waals surface area contributed by atoms with E-state index in [0.717, 1.165) is 17.7 Å². The lowest BCUT2D eigenvalue weighted by molar-refractivity contribution is -0.138. The Bertz CT molecular complexity index is 699. The van der Waals surface area contributed by atoms with E-state index in [0.29, 0.717) is 32.5 Å². The number of hydrogen-bond acceptors (Lipinski definition) is 5. The molecule has 1 saturated heterocycles. The molecule has 0 radical (unpaired) electrons. The fraction of sp³-hybridized carbons (Fsp3) is 0.438. The molecule has 0 saturated carbocycles. The minimum atomic E-state index is -0.146. The number of aromatic nitrogens is 2. The Morgan fingerprint density at radius 3 is 3.22 bits per heavy atom. The van der Waals surface area contributed by atoms with Crippen LogP contribution in [0.5, 0.6) is 0 Å². The number of nitrogens with zero attached hydrogens (tertiary/aromatic N) is 2. The van der Waals surface area contributed by atoms with Gasteiger partial charge in [-0.1, -0.05) is 0 Å². The molecule has 1 unspecified atom stereocenters. The molecule has 0 aliphatic carbocycles. The van der Waals surface area contributed by atoms with Crippen molar-refractivity contribution in [2.45, 2.75) is 25.4 Å². The summed E-state index contributed by atoms with van der Waals surface area (Å²) in [6, 6.07) is 3.49. The summed E-state index contributed by atoms with van der Waals surface area (Å²) in [6.45, 7) is 1.80. The lowest BCUT2D eigenvalue weighted by atomic mass is 10.1. The van der Waals surface area contributed by atoms with E-state index in [9.17, 15) is 9.59 Å². The Morgan fingerprint density at radius 2 is 2.43 bits per heavy atom. The molecule has 1 atom stereocenters. The summed E-state index contributed by atoms with van der Waals surface area (Å²) in [5.74, 6) is 0.144. The van der Waals surface area contributed by atoms with E-state index in [1.54, 1.807) is 11.3 Å². The highest BCUT2D eigenvalue weighted by atomic mass is 32.1. The molecule has 23 heavy (non-hydrogen) atoms. The van der Waals surface area contributed by atoms with Gasteiger partial charge >= 0.3 is 0 Å². The molecule has 0 spiro atoms. The smallest absolute Gasteiger partial charge is 0.250 e. The Balaban J connectivity index is 1.51. The van der Waals surface area contributed by atoms with Crippen LogP contribution in [0.25, 0.3) is 0 Å². The third-order valence-electron chi connectivity index (χ3n) is 3.88. The number of rotatable bonds is 5. The average Bonchev–Trinajstić information content (AvgIpc) is 3.06. The summed E-state index contributed by atoms with van der Waals surface area (Å²) in [6.07, 6.45) is 3.28. The van der Waals surface area contributed by atoms with Crippen LogP contribution in [0.15, 0.2) is 34.0 Å². The highest BCUT2D eigenvalue weighted by Crippen LogP contribution is 2.14. The molecule has 6 nitrogen and oxygen atoms in total. The fourth-order valence-electron chi connectivity index (χ4n) is 2.65. The van der Waals surface area contributed by atoms with Crippen LogP contribution in [0.2, 0.25) is 0 Å². The molecule has 1 aliphatic heterocycles. The average molecular weight is 333 g/mol. The first-order valence-corrected chi connectivity index (χ1v) is 8.59. The molecule has 1 aliphatic rings. The van der Waals surface area contributed by atoms with Crippen LogP contribution >= 0.6 is 11.3 Å². The first-order chi connectivity index (χ1) is 11.2. The molecule has 2 aromatic rings. The highest BCUT2D eigenvalue weighted by molar-refractivity contribution is 7.07. The summed E-state index contributed by atoms with van der Waals surface area (Å²) in [5.41, 5.74) is 1.67. The van der Waals surface area contributed by atoms with Crippen LogP contribution in [0.1, 0.15) is 17.7 Å². The summed E-state index contributed by atoms with van der Waals surface area (Å²) in [5, 5.41) is 3.99. The minimum Gasteiger partial charge on any atom is -0.375 e. The number of nitrogens with one attached hydrogen (secondary N) is 1. The van der Waals surface area contributed by atoms with E-state index in [-0.39, 0.29) is 17.6 Å². The van der Waals surface area contributed by atoms with Crippen molar-refractivity contribution >= 4 is 17.2 Å². The van der Waals surface area contributed by atoms with E-state index in [1.807, 2.05) is 21.7 Å². The van der Waals surface area contributed by atoms with Crippen molar-refractivity contribution in [1.29, 1.82) is 0 Å². The number of H-pyrrole nitrogens is 1. The van der Waals surface area contributed by atoms with Gasteiger partial charge in [-0.2, -0.15) is 11.3 Å². The molecule has 0 bridgehead atoms. The van der Waals surface area contributed by atoms with E-state index in [4.69, 9.17) is 4.74 Å². The monoisotopic (exact) mass is 333 g/mol. The number of carbonyl (C=O) groups is 1. The third-order valence-corrected chi connectivity index (χ3v) is 4.62. The van der Waals surface area contributed by atoms with Gasteiger partial charge in [-0.25, -0.2) is 4.98 Å². The van der Waals surface area contributed by atoms with Crippen molar-refractivity contribution in [3.05, 3.63) is 50.8 Å². The lowest BCUT2D eigenvalue weighted by Crippen LogP contribution is -2.46. The van der Waals surface area contributed by atoms with Gasteiger partial charge in [0.2, 0.25) is 5.91 Å². The van der Waals surface area contributed by atoms with E-state index in [2.05, 4.69) is 9.97 Å². The molecular formula is C16H19N3O3S. The molecule has 2 aromatic heterocycles. The minimum absolute atomic E-state index is 0.00346. The molecule has 122 valence electrons. The largest absolute Gasteiger partial charge is 0.375 e. The highest BCUT2D eigenvalue weighted by Gasteiger charge is 2.24. The maximum Gasteiger partial charge on any atom is 0.250 e. The maximum atomic E-state index is 12.3. The molecular weight excluding hydrogens is 314 g/mol. The summed E-state index contributed by atoms with van der Waals surface area (Å²) in [7, 11) is 0.